The summed E-state index contributed by atoms with van der Waals surface area (Å²) in [6.07, 6.45) is 2.18. The van der Waals surface area contributed by atoms with Crippen molar-refractivity contribution < 1.29 is 0 Å². The Morgan fingerprint density at radius 3 is 1.93 bits per heavy atom. The van der Waals surface area contributed by atoms with Gasteiger partial charge in [0.05, 0.1) is 11.1 Å². The number of hydrogen-bond donors (Lipinski definition) is 0. The fourth-order valence-corrected chi connectivity index (χ4v) is 1.40. The van der Waals surface area contributed by atoms with Crippen molar-refractivity contribution in [3.8, 4) is 0 Å². The monoisotopic (exact) mass is 181 g/mol. The SMILES string of the molecule is Cc1ccc([CH+]c2ccccc2)cc1. The average Bonchev–Trinajstić information content (AvgIpc) is 2.23. The van der Waals surface area contributed by atoms with Gasteiger partial charge in [0, 0.05) is 30.7 Å². The van der Waals surface area contributed by atoms with Crippen molar-refractivity contribution in [1.29, 1.82) is 0 Å². The molecule has 0 aliphatic carbocycles. The topological polar surface area (TPSA) is 0 Å². The average molecular weight is 181 g/mol. The van der Waals surface area contributed by atoms with Gasteiger partial charge < -0.3 is 0 Å². The van der Waals surface area contributed by atoms with Crippen molar-refractivity contribution in [2.24, 2.45) is 0 Å². The molecule has 0 amide bonds. The summed E-state index contributed by atoms with van der Waals surface area (Å²) >= 11 is 0. The molecule has 0 bridgehead atoms. The standard InChI is InChI=1S/C14H13/c1-12-7-9-14(10-8-12)11-13-5-3-2-4-6-13/h2-11H,1H3/q+1. The molecule has 0 aromatic heterocycles. The third kappa shape index (κ3) is 2.17. The van der Waals surface area contributed by atoms with Crippen LogP contribution in [-0.4, -0.2) is 0 Å². The first kappa shape index (κ1) is 8.89. The molecular weight excluding hydrogens is 168 g/mol. The maximum Gasteiger partial charge on any atom is 0.0725 e. The molecule has 2 aromatic carbocycles. The van der Waals surface area contributed by atoms with E-state index < -0.39 is 0 Å². The summed E-state index contributed by atoms with van der Waals surface area (Å²) in [4.78, 5) is 0. The van der Waals surface area contributed by atoms with Gasteiger partial charge in [-0.15, -0.1) is 0 Å². The predicted molar refractivity (Wildman–Crippen MR) is 60.1 cm³/mol. The predicted octanol–water partition coefficient (Wildman–Crippen LogP) is 3.60. The van der Waals surface area contributed by atoms with Gasteiger partial charge in [-0.3, -0.25) is 0 Å². The molecular formula is C14H13+. The first-order valence-electron chi connectivity index (χ1n) is 4.81. The molecule has 0 saturated carbocycles. The fraction of sp³-hybridized carbons (Fsp3) is 0.0714. The van der Waals surface area contributed by atoms with Gasteiger partial charge in [0.25, 0.3) is 0 Å². The lowest BCUT2D eigenvalue weighted by atomic mass is 10.0. The fourth-order valence-electron chi connectivity index (χ4n) is 1.40. The normalized spacial score (nSPS) is 9.79. The lowest BCUT2D eigenvalue weighted by molar-refractivity contribution is 1.39. The lowest BCUT2D eigenvalue weighted by Gasteiger charge is -1.95. The third-order valence-corrected chi connectivity index (χ3v) is 2.21. The van der Waals surface area contributed by atoms with Crippen LogP contribution < -0.4 is 0 Å². The Balaban J connectivity index is 2.16. The molecule has 0 aliphatic heterocycles. The second kappa shape index (κ2) is 4.01. The zero-order chi connectivity index (χ0) is 9.80. The molecule has 0 radical (unpaired) electrons. The Bertz CT molecular complexity index is 384. The van der Waals surface area contributed by atoms with E-state index in [2.05, 4.69) is 61.9 Å². The van der Waals surface area contributed by atoms with Crippen LogP contribution in [0.2, 0.25) is 0 Å². The van der Waals surface area contributed by atoms with Gasteiger partial charge in [0.1, 0.15) is 0 Å². The Kier molecular flexibility index (Phi) is 2.55. The van der Waals surface area contributed by atoms with E-state index in [1.807, 2.05) is 6.07 Å². The summed E-state index contributed by atoms with van der Waals surface area (Å²) in [5.74, 6) is 0. The van der Waals surface area contributed by atoms with E-state index in [0.29, 0.717) is 0 Å². The first-order valence-corrected chi connectivity index (χ1v) is 4.81. The first-order chi connectivity index (χ1) is 6.84. The van der Waals surface area contributed by atoms with Gasteiger partial charge in [-0.05, 0) is 42.8 Å². The number of hydrogen-bond acceptors (Lipinski definition) is 0. The summed E-state index contributed by atoms with van der Waals surface area (Å²) in [6, 6.07) is 18.9. The summed E-state index contributed by atoms with van der Waals surface area (Å²) < 4.78 is 0. The highest BCUT2D eigenvalue weighted by molar-refractivity contribution is 5.37. The molecule has 68 valence electrons. The molecule has 0 unspecified atom stereocenters. The highest BCUT2D eigenvalue weighted by Crippen LogP contribution is 2.11. The molecule has 0 fully saturated rings. The summed E-state index contributed by atoms with van der Waals surface area (Å²) in [5.41, 5.74) is 3.80. The molecule has 2 aromatic rings. The van der Waals surface area contributed by atoms with Crippen molar-refractivity contribution >= 4 is 0 Å². The maximum absolute atomic E-state index is 2.18. The van der Waals surface area contributed by atoms with Crippen LogP contribution in [0.25, 0.3) is 0 Å². The van der Waals surface area contributed by atoms with Gasteiger partial charge >= 0.3 is 0 Å². The molecule has 0 atom stereocenters. The van der Waals surface area contributed by atoms with Crippen LogP contribution in [0.15, 0.2) is 54.6 Å². The van der Waals surface area contributed by atoms with E-state index in [1.54, 1.807) is 0 Å². The van der Waals surface area contributed by atoms with Crippen LogP contribution in [0, 0.1) is 13.3 Å². The van der Waals surface area contributed by atoms with Crippen molar-refractivity contribution in [2.45, 2.75) is 6.92 Å². The van der Waals surface area contributed by atoms with Gasteiger partial charge in [-0.25, -0.2) is 0 Å². The van der Waals surface area contributed by atoms with Crippen LogP contribution in [0.1, 0.15) is 16.7 Å². The molecule has 0 spiro atoms. The quantitative estimate of drug-likeness (QED) is 0.621. The Morgan fingerprint density at radius 2 is 1.29 bits per heavy atom. The van der Waals surface area contributed by atoms with E-state index in [-0.39, 0.29) is 0 Å². The summed E-state index contributed by atoms with van der Waals surface area (Å²) in [6.45, 7) is 2.10. The van der Waals surface area contributed by atoms with E-state index >= 15 is 0 Å². The van der Waals surface area contributed by atoms with Crippen LogP contribution in [-0.2, 0) is 0 Å². The van der Waals surface area contributed by atoms with Crippen molar-refractivity contribution in [2.75, 3.05) is 0 Å². The lowest BCUT2D eigenvalue weighted by Crippen LogP contribution is -1.84. The van der Waals surface area contributed by atoms with Crippen LogP contribution in [0.4, 0.5) is 0 Å². The smallest absolute Gasteiger partial charge is 0.0465 e. The highest BCUT2D eigenvalue weighted by atomic mass is 14.0. The Morgan fingerprint density at radius 1 is 0.714 bits per heavy atom. The second-order valence-corrected chi connectivity index (χ2v) is 3.47. The van der Waals surface area contributed by atoms with Gasteiger partial charge in [0.2, 0.25) is 0 Å². The summed E-state index contributed by atoms with van der Waals surface area (Å²) in [7, 11) is 0. The minimum atomic E-state index is 1.25. The van der Waals surface area contributed by atoms with Crippen molar-refractivity contribution in [3.63, 3.8) is 0 Å². The summed E-state index contributed by atoms with van der Waals surface area (Å²) in [5, 5.41) is 0. The highest BCUT2D eigenvalue weighted by Gasteiger charge is 2.01. The van der Waals surface area contributed by atoms with Crippen molar-refractivity contribution in [3.05, 3.63) is 77.7 Å². The van der Waals surface area contributed by atoms with E-state index in [1.165, 1.54) is 16.7 Å². The second-order valence-electron chi connectivity index (χ2n) is 3.47. The Labute approximate surface area is 85.2 Å². The molecule has 0 aliphatic rings. The minimum absolute atomic E-state index is 1.25. The van der Waals surface area contributed by atoms with E-state index in [4.69, 9.17) is 0 Å². The van der Waals surface area contributed by atoms with Crippen LogP contribution in [0.5, 0.6) is 0 Å². The van der Waals surface area contributed by atoms with Crippen LogP contribution in [0.3, 0.4) is 0 Å². The van der Waals surface area contributed by atoms with Gasteiger partial charge in [-0.2, -0.15) is 0 Å². The zero-order valence-electron chi connectivity index (χ0n) is 8.27. The Hall–Kier alpha value is -1.69. The molecule has 0 heterocycles. The van der Waals surface area contributed by atoms with Gasteiger partial charge in [0.15, 0.2) is 0 Å². The van der Waals surface area contributed by atoms with Gasteiger partial charge in [-0.1, -0.05) is 0 Å². The number of aryl methyl sites for hydroxylation is 1. The molecule has 14 heavy (non-hydrogen) atoms. The third-order valence-electron chi connectivity index (χ3n) is 2.21. The molecule has 0 heteroatoms. The minimum Gasteiger partial charge on any atom is -0.0465 e. The zero-order valence-corrected chi connectivity index (χ0v) is 8.27. The molecule has 2 rings (SSSR count). The van der Waals surface area contributed by atoms with E-state index in [9.17, 15) is 0 Å². The molecule has 0 saturated heterocycles. The van der Waals surface area contributed by atoms with E-state index in [0.717, 1.165) is 0 Å². The largest absolute Gasteiger partial charge is 0.0725 e. The number of rotatable bonds is 2. The van der Waals surface area contributed by atoms with Crippen molar-refractivity contribution in [1.82, 2.24) is 0 Å². The molecule has 0 nitrogen and oxygen atoms in total. The molecule has 0 N–H and O–H groups in total. The number of benzene rings is 2. The van der Waals surface area contributed by atoms with Crippen LogP contribution >= 0.6 is 0 Å². The maximum atomic E-state index is 2.18.